The van der Waals surface area contributed by atoms with Gasteiger partial charge in [-0.15, -0.1) is 0 Å². The van der Waals surface area contributed by atoms with Crippen LogP contribution < -0.4 is 24.8 Å². The number of likely N-dealkylation sites (tertiary alicyclic amines) is 1. The Morgan fingerprint density at radius 1 is 1.10 bits per heavy atom. The Kier molecular flexibility index (Phi) is 8.11. The van der Waals surface area contributed by atoms with Gasteiger partial charge >= 0.3 is 0 Å². The molecule has 1 aromatic rings. The molecular weight excluding hydrogens is 378 g/mol. The Labute approximate surface area is 170 Å². The third kappa shape index (κ3) is 5.75. The highest BCUT2D eigenvalue weighted by molar-refractivity contribution is 5.97. The number of rotatable bonds is 8. The van der Waals surface area contributed by atoms with Crippen molar-refractivity contribution in [2.24, 2.45) is 0 Å². The van der Waals surface area contributed by atoms with Gasteiger partial charge in [0.15, 0.2) is 11.5 Å². The van der Waals surface area contributed by atoms with Crippen LogP contribution in [-0.4, -0.2) is 69.6 Å². The number of ether oxygens (including phenoxy) is 3. The van der Waals surface area contributed by atoms with Gasteiger partial charge in [0.1, 0.15) is 0 Å². The molecule has 0 spiro atoms. The van der Waals surface area contributed by atoms with Crippen molar-refractivity contribution in [2.75, 3.05) is 41.0 Å². The number of benzene rings is 1. The van der Waals surface area contributed by atoms with Crippen LogP contribution in [0.3, 0.4) is 0 Å². The van der Waals surface area contributed by atoms with Crippen molar-refractivity contribution in [3.05, 3.63) is 17.7 Å². The summed E-state index contributed by atoms with van der Waals surface area (Å²) in [7, 11) is 4.41. The molecule has 1 fully saturated rings. The zero-order valence-corrected chi connectivity index (χ0v) is 17.4. The van der Waals surface area contributed by atoms with Gasteiger partial charge in [0.2, 0.25) is 17.6 Å². The van der Waals surface area contributed by atoms with Crippen molar-refractivity contribution in [1.29, 1.82) is 0 Å². The van der Waals surface area contributed by atoms with Crippen LogP contribution in [0.5, 0.6) is 17.2 Å². The first-order valence-corrected chi connectivity index (χ1v) is 9.58. The van der Waals surface area contributed by atoms with E-state index in [0.717, 1.165) is 12.8 Å². The molecule has 9 nitrogen and oxygen atoms in total. The minimum Gasteiger partial charge on any atom is -0.493 e. The Bertz CT molecular complexity index is 727. The van der Waals surface area contributed by atoms with E-state index in [1.165, 1.54) is 33.5 Å². The summed E-state index contributed by atoms with van der Waals surface area (Å²) in [5.74, 6) is 0.450. The van der Waals surface area contributed by atoms with Gasteiger partial charge in [-0.3, -0.25) is 14.4 Å². The van der Waals surface area contributed by atoms with Gasteiger partial charge in [-0.2, -0.15) is 0 Å². The van der Waals surface area contributed by atoms with Crippen molar-refractivity contribution in [3.8, 4) is 17.2 Å². The van der Waals surface area contributed by atoms with Gasteiger partial charge in [0, 0.05) is 31.1 Å². The van der Waals surface area contributed by atoms with Crippen molar-refractivity contribution in [1.82, 2.24) is 15.5 Å². The minimum atomic E-state index is -0.426. The van der Waals surface area contributed by atoms with Gasteiger partial charge in [0.05, 0.1) is 27.9 Å². The van der Waals surface area contributed by atoms with E-state index < -0.39 is 5.91 Å². The van der Waals surface area contributed by atoms with Crippen LogP contribution in [0.15, 0.2) is 12.1 Å². The number of methoxy groups -OCH3 is 3. The van der Waals surface area contributed by atoms with Gasteiger partial charge in [-0.25, -0.2) is 0 Å². The third-order valence-electron chi connectivity index (χ3n) is 4.79. The maximum Gasteiger partial charge on any atom is 0.251 e. The van der Waals surface area contributed by atoms with Gasteiger partial charge < -0.3 is 29.7 Å². The fraction of sp³-hybridized carbons (Fsp3) is 0.550. The second kappa shape index (κ2) is 10.5. The van der Waals surface area contributed by atoms with E-state index in [0.29, 0.717) is 42.3 Å². The topological polar surface area (TPSA) is 106 Å². The first-order chi connectivity index (χ1) is 13.9. The first kappa shape index (κ1) is 22.3. The van der Waals surface area contributed by atoms with Crippen LogP contribution in [-0.2, 0) is 9.59 Å². The average molecular weight is 407 g/mol. The fourth-order valence-electron chi connectivity index (χ4n) is 3.23. The van der Waals surface area contributed by atoms with Crippen molar-refractivity contribution < 1.29 is 28.6 Å². The normalized spacial score (nSPS) is 16.0. The predicted molar refractivity (Wildman–Crippen MR) is 106 cm³/mol. The zero-order chi connectivity index (χ0) is 21.4. The van der Waals surface area contributed by atoms with Gasteiger partial charge in [-0.05, 0) is 25.0 Å². The molecule has 0 bridgehead atoms. The molecule has 0 aliphatic carbocycles. The van der Waals surface area contributed by atoms with Crippen LogP contribution >= 0.6 is 0 Å². The molecule has 1 aliphatic heterocycles. The van der Waals surface area contributed by atoms with E-state index in [9.17, 15) is 14.4 Å². The van der Waals surface area contributed by atoms with E-state index in [2.05, 4.69) is 10.6 Å². The average Bonchev–Trinajstić information content (AvgIpc) is 2.75. The smallest absolute Gasteiger partial charge is 0.251 e. The fourth-order valence-corrected chi connectivity index (χ4v) is 3.23. The van der Waals surface area contributed by atoms with Crippen molar-refractivity contribution in [2.45, 2.75) is 32.2 Å². The highest BCUT2D eigenvalue weighted by atomic mass is 16.5. The number of nitrogens with one attached hydrogen (secondary N) is 2. The lowest BCUT2D eigenvalue weighted by Gasteiger charge is -2.33. The lowest BCUT2D eigenvalue weighted by molar-refractivity contribution is -0.132. The molecule has 1 saturated heterocycles. The molecule has 9 heteroatoms. The van der Waals surface area contributed by atoms with E-state index in [1.807, 2.05) is 0 Å². The lowest BCUT2D eigenvalue weighted by atomic mass is 10.1. The number of amides is 3. The molecule has 160 valence electrons. The molecule has 0 aromatic heterocycles. The first-order valence-electron chi connectivity index (χ1n) is 9.58. The Morgan fingerprint density at radius 3 is 2.31 bits per heavy atom. The minimum absolute atomic E-state index is 0.0278. The van der Waals surface area contributed by atoms with Crippen molar-refractivity contribution >= 4 is 17.7 Å². The van der Waals surface area contributed by atoms with Crippen molar-refractivity contribution in [3.63, 3.8) is 0 Å². The molecule has 1 unspecified atom stereocenters. The molecule has 1 aliphatic rings. The SMILES string of the molecule is CCC(=O)NC1CCCN(C(=O)CNC(=O)c2cc(OC)c(OC)c(OC)c2)C1. The molecule has 3 amide bonds. The van der Waals surface area contributed by atoms with Crippen LogP contribution in [0.2, 0.25) is 0 Å². The van der Waals surface area contributed by atoms with Crippen LogP contribution in [0, 0.1) is 0 Å². The van der Waals surface area contributed by atoms with Crippen LogP contribution in [0.1, 0.15) is 36.5 Å². The molecule has 29 heavy (non-hydrogen) atoms. The molecule has 2 N–H and O–H groups in total. The molecule has 2 rings (SSSR count). The maximum atomic E-state index is 12.5. The largest absolute Gasteiger partial charge is 0.493 e. The summed E-state index contributed by atoms with van der Waals surface area (Å²) < 4.78 is 15.7. The molecule has 0 radical (unpaired) electrons. The van der Waals surface area contributed by atoms with Gasteiger partial charge in [0.25, 0.3) is 5.91 Å². The zero-order valence-electron chi connectivity index (χ0n) is 17.4. The maximum absolute atomic E-state index is 12.5. The quantitative estimate of drug-likeness (QED) is 0.665. The molecule has 1 aromatic carbocycles. The van der Waals surface area contributed by atoms with Crippen LogP contribution in [0.25, 0.3) is 0 Å². The summed E-state index contributed by atoms with van der Waals surface area (Å²) in [4.78, 5) is 38.3. The second-order valence-electron chi connectivity index (χ2n) is 6.70. The number of carbonyl (C=O) groups excluding carboxylic acids is 3. The number of carbonyl (C=O) groups is 3. The predicted octanol–water partition coefficient (Wildman–Crippen LogP) is 0.959. The highest BCUT2D eigenvalue weighted by Gasteiger charge is 2.25. The Balaban J connectivity index is 1.98. The van der Waals surface area contributed by atoms with E-state index in [4.69, 9.17) is 14.2 Å². The number of nitrogens with zero attached hydrogens (tertiary/aromatic N) is 1. The molecular formula is C20H29N3O6. The summed E-state index contributed by atoms with van der Waals surface area (Å²) in [5.41, 5.74) is 0.291. The number of hydrogen-bond acceptors (Lipinski definition) is 6. The standard InChI is InChI=1S/C20H29N3O6/c1-5-17(24)22-14-7-6-8-23(12-14)18(25)11-21-20(26)13-9-15(27-2)19(29-4)16(10-13)28-3/h9-10,14H,5-8,11-12H2,1-4H3,(H,21,26)(H,22,24). The summed E-state index contributed by atoms with van der Waals surface area (Å²) in [6, 6.07) is 3.00. The number of piperidine rings is 1. The number of hydrogen-bond donors (Lipinski definition) is 2. The van der Waals surface area contributed by atoms with E-state index >= 15 is 0 Å². The molecule has 0 saturated carbocycles. The third-order valence-corrected chi connectivity index (χ3v) is 4.79. The highest BCUT2D eigenvalue weighted by Crippen LogP contribution is 2.38. The second-order valence-corrected chi connectivity index (χ2v) is 6.70. The van der Waals surface area contributed by atoms with Gasteiger partial charge in [-0.1, -0.05) is 6.92 Å². The summed E-state index contributed by atoms with van der Waals surface area (Å²) in [6.07, 6.45) is 2.06. The summed E-state index contributed by atoms with van der Waals surface area (Å²) >= 11 is 0. The monoisotopic (exact) mass is 407 g/mol. The Morgan fingerprint density at radius 2 is 1.76 bits per heavy atom. The van der Waals surface area contributed by atoms with Crippen LogP contribution in [0.4, 0.5) is 0 Å². The molecule has 1 atom stereocenters. The van der Waals surface area contributed by atoms with E-state index in [1.54, 1.807) is 11.8 Å². The molecule has 1 heterocycles. The summed E-state index contributed by atoms with van der Waals surface area (Å²) in [5, 5.41) is 5.55. The lowest BCUT2D eigenvalue weighted by Crippen LogP contribution is -2.51. The summed E-state index contributed by atoms with van der Waals surface area (Å²) in [6.45, 7) is 2.71. The van der Waals surface area contributed by atoms with E-state index in [-0.39, 0.29) is 24.4 Å². The Hall–Kier alpha value is -2.97.